The Kier molecular flexibility index (Phi) is 2.70. The zero-order chi connectivity index (χ0) is 5.82. The summed E-state index contributed by atoms with van der Waals surface area (Å²) >= 11 is 0. The molecule has 0 aromatic carbocycles. The van der Waals surface area contributed by atoms with Crippen molar-refractivity contribution in [1.82, 2.24) is 0 Å². The third-order valence-electron chi connectivity index (χ3n) is 1.11. The van der Waals surface area contributed by atoms with Gasteiger partial charge in [-0.05, 0) is 6.42 Å². The molecule has 48 valence electrons. The number of hydrogen-bond donors (Lipinski definition) is 1. The number of rotatable bonds is 2. The Morgan fingerprint density at radius 2 is 2.62 bits per heavy atom. The van der Waals surface area contributed by atoms with Crippen molar-refractivity contribution in [2.24, 2.45) is 0 Å². The number of hydrogen-bond acceptors (Lipinski definition) is 3. The van der Waals surface area contributed by atoms with Gasteiger partial charge in [0.1, 0.15) is 0 Å². The molecule has 0 aliphatic carbocycles. The van der Waals surface area contributed by atoms with E-state index in [1.165, 1.54) is 0 Å². The third-order valence-corrected chi connectivity index (χ3v) is 1.55. The van der Waals surface area contributed by atoms with Gasteiger partial charge in [0.05, 0.1) is 12.7 Å². The van der Waals surface area contributed by atoms with Gasteiger partial charge in [-0.1, -0.05) is 0 Å². The molecular weight excluding hydrogens is 127 g/mol. The molecule has 1 heterocycles. The van der Waals surface area contributed by atoms with Crippen molar-refractivity contribution < 1.29 is 14.2 Å². The van der Waals surface area contributed by atoms with Crippen molar-refractivity contribution in [1.29, 1.82) is 0 Å². The van der Waals surface area contributed by atoms with Gasteiger partial charge in [0.25, 0.3) is 0 Å². The molecule has 0 amide bonds. The topological polar surface area (TPSA) is 38.7 Å². The van der Waals surface area contributed by atoms with E-state index in [-0.39, 0.29) is 15.1 Å². The van der Waals surface area contributed by atoms with Crippen molar-refractivity contribution in [3.63, 3.8) is 0 Å². The highest BCUT2D eigenvalue weighted by Gasteiger charge is 2.14. The summed E-state index contributed by atoms with van der Waals surface area (Å²) in [6.45, 7) is 1.42. The van der Waals surface area contributed by atoms with Gasteiger partial charge < -0.3 is 14.2 Å². The van der Waals surface area contributed by atoms with Crippen LogP contribution in [0.3, 0.4) is 0 Å². The largest absolute Gasteiger partial charge is 0.379 e. The van der Waals surface area contributed by atoms with E-state index in [0.29, 0.717) is 6.61 Å². The van der Waals surface area contributed by atoms with Crippen LogP contribution in [0.5, 0.6) is 0 Å². The van der Waals surface area contributed by atoms with Crippen LogP contribution in [-0.4, -0.2) is 24.2 Å². The first-order chi connectivity index (χ1) is 3.93. The lowest BCUT2D eigenvalue weighted by molar-refractivity contribution is 0.146. The van der Waals surface area contributed by atoms with E-state index >= 15 is 0 Å². The van der Waals surface area contributed by atoms with Crippen LogP contribution in [0.4, 0.5) is 0 Å². The van der Waals surface area contributed by atoms with Crippen LogP contribution in [0.25, 0.3) is 0 Å². The smallest absolute Gasteiger partial charge is 0.152 e. The van der Waals surface area contributed by atoms with Crippen LogP contribution in [0.15, 0.2) is 0 Å². The molecule has 0 aromatic rings. The molecular formula is C4H9O3P. The van der Waals surface area contributed by atoms with Gasteiger partial charge in [-0.2, -0.15) is 0 Å². The first-order valence-electron chi connectivity index (χ1n) is 2.56. The van der Waals surface area contributed by atoms with Gasteiger partial charge in [0, 0.05) is 6.61 Å². The average molecular weight is 136 g/mol. The number of ether oxygens (including phenoxy) is 1. The maximum absolute atomic E-state index is 8.28. The summed E-state index contributed by atoms with van der Waals surface area (Å²) in [6, 6.07) is 0. The second kappa shape index (κ2) is 3.36. The minimum atomic E-state index is -0.388. The molecule has 1 N–H and O–H groups in total. The fourth-order valence-electron chi connectivity index (χ4n) is 0.680. The zero-order valence-corrected chi connectivity index (χ0v) is 5.46. The first-order valence-corrected chi connectivity index (χ1v) is 3.41. The fraction of sp³-hybridized carbons (Fsp3) is 1.00. The van der Waals surface area contributed by atoms with Crippen LogP contribution in [-0.2, 0) is 9.26 Å². The van der Waals surface area contributed by atoms with Crippen LogP contribution >= 0.6 is 9.03 Å². The Morgan fingerprint density at radius 3 is 3.12 bits per heavy atom. The summed E-state index contributed by atoms with van der Waals surface area (Å²) in [7, 11) is -0.388. The molecule has 0 radical (unpaired) electrons. The molecule has 0 spiro atoms. The van der Waals surface area contributed by atoms with Crippen molar-refractivity contribution in [2.75, 3.05) is 13.2 Å². The third kappa shape index (κ3) is 1.67. The standard InChI is InChI=1S/C4H9O3P/c5-8-7-4-1-2-6-3-4/h4-5,8H,1-3H2. The maximum Gasteiger partial charge on any atom is 0.152 e. The summed E-state index contributed by atoms with van der Waals surface area (Å²) in [4.78, 5) is 8.28. The Balaban J connectivity index is 2.06. The quantitative estimate of drug-likeness (QED) is 0.554. The molecule has 8 heavy (non-hydrogen) atoms. The average Bonchev–Trinajstić information content (AvgIpc) is 2.19. The molecule has 2 unspecified atom stereocenters. The van der Waals surface area contributed by atoms with Crippen LogP contribution < -0.4 is 0 Å². The molecule has 3 nitrogen and oxygen atoms in total. The van der Waals surface area contributed by atoms with Gasteiger partial charge in [0.15, 0.2) is 9.03 Å². The normalized spacial score (nSPS) is 30.4. The molecule has 0 saturated carbocycles. The molecule has 4 heteroatoms. The summed E-state index contributed by atoms with van der Waals surface area (Å²) < 4.78 is 9.84. The molecule has 0 bridgehead atoms. The van der Waals surface area contributed by atoms with Gasteiger partial charge in [-0.25, -0.2) is 0 Å². The minimum absolute atomic E-state index is 0.151. The SMILES string of the molecule is OPOC1CCOC1. The van der Waals surface area contributed by atoms with E-state index < -0.39 is 0 Å². The monoisotopic (exact) mass is 136 g/mol. The molecule has 2 atom stereocenters. The Bertz CT molecular complexity index is 62.3. The van der Waals surface area contributed by atoms with E-state index in [2.05, 4.69) is 0 Å². The van der Waals surface area contributed by atoms with Crippen LogP contribution in [0.1, 0.15) is 6.42 Å². The summed E-state index contributed by atoms with van der Waals surface area (Å²) in [5.41, 5.74) is 0. The Labute approximate surface area is 49.9 Å². The maximum atomic E-state index is 8.28. The lowest BCUT2D eigenvalue weighted by Crippen LogP contribution is -2.05. The molecule has 1 saturated heterocycles. The molecule has 1 aliphatic heterocycles. The van der Waals surface area contributed by atoms with Crippen LogP contribution in [0, 0.1) is 0 Å². The van der Waals surface area contributed by atoms with Gasteiger partial charge in [-0.3, -0.25) is 0 Å². The fourth-order valence-corrected chi connectivity index (χ4v) is 1.02. The van der Waals surface area contributed by atoms with E-state index in [4.69, 9.17) is 14.2 Å². The Hall–Kier alpha value is 0.310. The van der Waals surface area contributed by atoms with Gasteiger partial charge in [-0.15, -0.1) is 0 Å². The van der Waals surface area contributed by atoms with Crippen molar-refractivity contribution in [3.8, 4) is 0 Å². The minimum Gasteiger partial charge on any atom is -0.379 e. The predicted octanol–water partition coefficient (Wildman–Crippen LogP) is 0.293. The molecule has 1 fully saturated rings. The predicted molar refractivity (Wildman–Crippen MR) is 30.8 cm³/mol. The van der Waals surface area contributed by atoms with E-state index in [1.807, 2.05) is 0 Å². The van der Waals surface area contributed by atoms with Crippen molar-refractivity contribution >= 4 is 9.03 Å². The molecule has 1 rings (SSSR count). The molecule has 0 aromatic heterocycles. The highest BCUT2D eigenvalue weighted by molar-refractivity contribution is 7.25. The van der Waals surface area contributed by atoms with E-state index in [1.54, 1.807) is 0 Å². The zero-order valence-electron chi connectivity index (χ0n) is 4.46. The second-order valence-corrected chi connectivity index (χ2v) is 2.11. The summed E-state index contributed by atoms with van der Waals surface area (Å²) in [6.07, 6.45) is 1.08. The van der Waals surface area contributed by atoms with Gasteiger partial charge in [0.2, 0.25) is 0 Å². The highest BCUT2D eigenvalue weighted by Crippen LogP contribution is 2.16. The highest BCUT2D eigenvalue weighted by atomic mass is 31.1. The lowest BCUT2D eigenvalue weighted by Gasteiger charge is -2.02. The van der Waals surface area contributed by atoms with E-state index in [9.17, 15) is 0 Å². The van der Waals surface area contributed by atoms with E-state index in [0.717, 1.165) is 13.0 Å². The first kappa shape index (κ1) is 6.43. The van der Waals surface area contributed by atoms with Gasteiger partial charge >= 0.3 is 0 Å². The summed E-state index contributed by atoms with van der Waals surface area (Å²) in [5, 5.41) is 0. The molecule has 1 aliphatic rings. The Morgan fingerprint density at radius 1 is 1.75 bits per heavy atom. The van der Waals surface area contributed by atoms with Crippen molar-refractivity contribution in [3.05, 3.63) is 0 Å². The van der Waals surface area contributed by atoms with Crippen molar-refractivity contribution in [2.45, 2.75) is 12.5 Å². The van der Waals surface area contributed by atoms with Crippen LogP contribution in [0.2, 0.25) is 0 Å². The second-order valence-electron chi connectivity index (χ2n) is 1.69. The lowest BCUT2D eigenvalue weighted by atomic mass is 10.3. The summed E-state index contributed by atoms with van der Waals surface area (Å²) in [5.74, 6) is 0.